The molecule has 0 unspecified atom stereocenters. The van der Waals surface area contributed by atoms with Crippen molar-refractivity contribution >= 4 is 5.82 Å². The summed E-state index contributed by atoms with van der Waals surface area (Å²) in [7, 11) is 0. The van der Waals surface area contributed by atoms with Crippen LogP contribution in [0.4, 0.5) is 5.82 Å². The molecule has 204 valence electrons. The Morgan fingerprint density at radius 2 is 1.46 bits per heavy atom. The molecule has 2 N–H and O–H groups in total. The van der Waals surface area contributed by atoms with Crippen molar-refractivity contribution in [3.05, 3.63) is 47.5 Å². The molecule has 5 nitrogen and oxygen atoms in total. The Kier molecular flexibility index (Phi) is 9.31. The highest BCUT2D eigenvalue weighted by Crippen LogP contribution is 2.46. The van der Waals surface area contributed by atoms with Crippen LogP contribution >= 0.6 is 0 Å². The third-order valence-corrected chi connectivity index (χ3v) is 8.89. The Labute approximate surface area is 224 Å². The van der Waals surface area contributed by atoms with Gasteiger partial charge in [0.2, 0.25) is 0 Å². The first-order valence-corrected chi connectivity index (χ1v) is 14.6. The fourth-order valence-electron chi connectivity index (χ4n) is 6.30. The number of aliphatic hydroxyl groups is 2. The Hall–Kier alpha value is -1.95. The normalized spacial score (nSPS) is 19.3. The van der Waals surface area contributed by atoms with Crippen molar-refractivity contribution < 1.29 is 10.2 Å². The lowest BCUT2D eigenvalue weighted by Crippen LogP contribution is -2.46. The number of aromatic nitrogens is 1. The van der Waals surface area contributed by atoms with Crippen LogP contribution in [0.15, 0.2) is 36.4 Å². The first-order chi connectivity index (χ1) is 17.7. The van der Waals surface area contributed by atoms with Crippen molar-refractivity contribution in [1.82, 2.24) is 9.88 Å². The third kappa shape index (κ3) is 6.74. The maximum Gasteiger partial charge on any atom is 0.129 e. The molecule has 0 atom stereocenters. The molecule has 2 aromatic rings. The molecule has 1 saturated heterocycles. The van der Waals surface area contributed by atoms with E-state index in [4.69, 9.17) is 4.98 Å². The van der Waals surface area contributed by atoms with Crippen molar-refractivity contribution in [2.75, 3.05) is 44.3 Å². The van der Waals surface area contributed by atoms with Gasteiger partial charge in [-0.1, -0.05) is 45.9 Å². The van der Waals surface area contributed by atoms with Crippen molar-refractivity contribution in [2.24, 2.45) is 0 Å². The molecule has 5 heteroatoms. The topological polar surface area (TPSA) is 59.8 Å². The van der Waals surface area contributed by atoms with Crippen LogP contribution < -0.4 is 4.90 Å². The summed E-state index contributed by atoms with van der Waals surface area (Å²) < 4.78 is 0. The molecule has 2 heterocycles. The van der Waals surface area contributed by atoms with E-state index in [1.54, 1.807) is 0 Å². The largest absolute Gasteiger partial charge is 0.396 e. The number of hydrogen-bond donors (Lipinski definition) is 2. The highest BCUT2D eigenvalue weighted by molar-refractivity contribution is 5.65. The molecule has 1 fully saturated rings. The van der Waals surface area contributed by atoms with Gasteiger partial charge >= 0.3 is 0 Å². The lowest BCUT2D eigenvalue weighted by molar-refractivity contribution is 0.153. The Morgan fingerprint density at radius 1 is 0.838 bits per heavy atom. The van der Waals surface area contributed by atoms with Crippen LogP contribution in [0, 0.1) is 0 Å². The SMILES string of the molecule is CC1(C)CCC(C)(C)c2cc(-c3cccc(N4CCC(N(CCCCO)CCCCO)CC4)n3)ccc21. The maximum atomic E-state index is 9.21. The molecule has 4 rings (SSSR count). The smallest absolute Gasteiger partial charge is 0.129 e. The minimum Gasteiger partial charge on any atom is -0.396 e. The molecule has 0 saturated carbocycles. The monoisotopic (exact) mass is 507 g/mol. The third-order valence-electron chi connectivity index (χ3n) is 8.89. The Bertz CT molecular complexity index is 1000. The molecule has 1 aliphatic heterocycles. The zero-order valence-corrected chi connectivity index (χ0v) is 23.7. The molecule has 0 amide bonds. The molecular formula is C32H49N3O2. The number of hydrogen-bond acceptors (Lipinski definition) is 5. The van der Waals surface area contributed by atoms with E-state index in [1.165, 1.54) is 29.5 Å². The van der Waals surface area contributed by atoms with Gasteiger partial charge in [0, 0.05) is 37.9 Å². The molecule has 2 aliphatic rings. The number of fused-ring (bicyclic) bond motifs is 1. The number of nitrogens with zero attached hydrogens (tertiary/aromatic N) is 3. The summed E-state index contributed by atoms with van der Waals surface area (Å²) >= 11 is 0. The van der Waals surface area contributed by atoms with Gasteiger partial charge in [-0.3, -0.25) is 0 Å². The summed E-state index contributed by atoms with van der Waals surface area (Å²) in [4.78, 5) is 10.2. The average molecular weight is 508 g/mol. The summed E-state index contributed by atoms with van der Waals surface area (Å²) in [6.07, 6.45) is 8.51. The van der Waals surface area contributed by atoms with Crippen molar-refractivity contribution in [1.29, 1.82) is 0 Å². The molecule has 37 heavy (non-hydrogen) atoms. The summed E-state index contributed by atoms with van der Waals surface area (Å²) in [6, 6.07) is 14.1. The summed E-state index contributed by atoms with van der Waals surface area (Å²) in [5.74, 6) is 1.08. The highest BCUT2D eigenvalue weighted by atomic mass is 16.3. The lowest BCUT2D eigenvalue weighted by Gasteiger charge is -2.42. The number of unbranched alkanes of at least 4 members (excludes halogenated alkanes) is 2. The van der Waals surface area contributed by atoms with E-state index in [0.29, 0.717) is 6.04 Å². The van der Waals surface area contributed by atoms with Crippen LogP contribution in [0.3, 0.4) is 0 Å². The standard InChI is InChI=1S/C32H49N3O2/c1-31(2)16-17-32(3,4)28-24-25(12-13-27(28)31)29-10-9-11-30(33-29)35-20-14-26(15-21-35)34(18-5-7-22-36)19-6-8-23-37/h9-13,24,26,36-37H,5-8,14-23H2,1-4H3. The minimum atomic E-state index is 0.195. The fourth-order valence-corrected chi connectivity index (χ4v) is 6.30. The Morgan fingerprint density at radius 3 is 2.08 bits per heavy atom. The van der Waals surface area contributed by atoms with Gasteiger partial charge in [-0.2, -0.15) is 0 Å². The molecule has 0 bridgehead atoms. The van der Waals surface area contributed by atoms with Gasteiger partial charge in [0.1, 0.15) is 5.82 Å². The summed E-state index contributed by atoms with van der Waals surface area (Å²) in [6.45, 7) is 14.2. The zero-order valence-electron chi connectivity index (χ0n) is 23.7. The van der Waals surface area contributed by atoms with Gasteiger partial charge < -0.3 is 20.0 Å². The summed E-state index contributed by atoms with van der Waals surface area (Å²) in [5, 5.41) is 18.4. The maximum absolute atomic E-state index is 9.21. The van der Waals surface area contributed by atoms with E-state index in [2.05, 4.69) is 73.9 Å². The van der Waals surface area contributed by atoms with Crippen LogP contribution in [0.1, 0.15) is 90.2 Å². The molecule has 0 radical (unpaired) electrons. The first kappa shape index (κ1) is 28.1. The van der Waals surface area contributed by atoms with Crippen LogP contribution in [0.5, 0.6) is 0 Å². The lowest BCUT2D eigenvalue weighted by atomic mass is 9.63. The van der Waals surface area contributed by atoms with E-state index >= 15 is 0 Å². The molecular weight excluding hydrogens is 458 g/mol. The van der Waals surface area contributed by atoms with Crippen LogP contribution in [0.2, 0.25) is 0 Å². The predicted octanol–water partition coefficient (Wildman–Crippen LogP) is 5.91. The highest BCUT2D eigenvalue weighted by Gasteiger charge is 2.37. The first-order valence-electron chi connectivity index (χ1n) is 14.6. The van der Waals surface area contributed by atoms with Crippen molar-refractivity contribution in [3.8, 4) is 11.3 Å². The number of anilines is 1. The van der Waals surface area contributed by atoms with Crippen molar-refractivity contribution in [2.45, 2.75) is 95.9 Å². The molecule has 1 aromatic heterocycles. The van der Waals surface area contributed by atoms with E-state index in [-0.39, 0.29) is 24.0 Å². The Balaban J connectivity index is 1.45. The van der Waals surface area contributed by atoms with Crippen LogP contribution in [-0.4, -0.2) is 65.5 Å². The summed E-state index contributed by atoms with van der Waals surface area (Å²) in [5.41, 5.74) is 5.69. The van der Waals surface area contributed by atoms with Gasteiger partial charge in [0.25, 0.3) is 0 Å². The van der Waals surface area contributed by atoms with E-state index in [1.807, 2.05) is 0 Å². The van der Waals surface area contributed by atoms with E-state index < -0.39 is 0 Å². The van der Waals surface area contributed by atoms with Gasteiger partial charge in [-0.15, -0.1) is 0 Å². The van der Waals surface area contributed by atoms with E-state index in [0.717, 1.165) is 76.2 Å². The fraction of sp³-hybridized carbons (Fsp3) is 0.656. The zero-order chi connectivity index (χ0) is 26.5. The van der Waals surface area contributed by atoms with Crippen LogP contribution in [-0.2, 0) is 10.8 Å². The van der Waals surface area contributed by atoms with Gasteiger partial charge in [0.05, 0.1) is 5.69 Å². The minimum absolute atomic E-state index is 0.195. The second-order valence-corrected chi connectivity index (χ2v) is 12.5. The van der Waals surface area contributed by atoms with E-state index in [9.17, 15) is 10.2 Å². The van der Waals surface area contributed by atoms with Crippen molar-refractivity contribution in [3.63, 3.8) is 0 Å². The molecule has 1 aliphatic carbocycles. The quantitative estimate of drug-likeness (QED) is 0.370. The second-order valence-electron chi connectivity index (χ2n) is 12.5. The second kappa shape index (κ2) is 12.3. The number of pyridine rings is 1. The molecule has 0 spiro atoms. The number of rotatable bonds is 11. The molecule has 1 aromatic carbocycles. The van der Waals surface area contributed by atoms with Crippen LogP contribution in [0.25, 0.3) is 11.3 Å². The number of piperidine rings is 1. The number of benzene rings is 1. The number of aliphatic hydroxyl groups excluding tert-OH is 2. The van der Waals surface area contributed by atoms with Gasteiger partial charge in [0.15, 0.2) is 0 Å². The predicted molar refractivity (Wildman–Crippen MR) is 154 cm³/mol. The van der Waals surface area contributed by atoms with Gasteiger partial charge in [-0.25, -0.2) is 4.98 Å². The average Bonchev–Trinajstić information content (AvgIpc) is 2.91. The van der Waals surface area contributed by atoms with Gasteiger partial charge in [-0.05, 0) is 105 Å².